The van der Waals surface area contributed by atoms with Crippen LogP contribution in [0.25, 0.3) is 21.8 Å². The van der Waals surface area contributed by atoms with Crippen LogP contribution >= 0.6 is 0 Å². The minimum atomic E-state index is -4.45. The number of fused-ring (bicyclic) bond motifs is 3. The molecule has 0 spiro atoms. The molecule has 0 saturated heterocycles. The summed E-state index contributed by atoms with van der Waals surface area (Å²) in [6.07, 6.45) is -2.94. The molecule has 2 aromatic heterocycles. The van der Waals surface area contributed by atoms with Gasteiger partial charge in [-0.2, -0.15) is 13.2 Å². The molecule has 0 fully saturated rings. The van der Waals surface area contributed by atoms with Crippen LogP contribution in [0.5, 0.6) is 5.75 Å². The Balaban J connectivity index is 1.82. The molecule has 0 unspecified atom stereocenters. The van der Waals surface area contributed by atoms with Crippen molar-refractivity contribution < 1.29 is 22.7 Å². The van der Waals surface area contributed by atoms with Gasteiger partial charge in [-0.3, -0.25) is 9.78 Å². The second-order valence-electron chi connectivity index (χ2n) is 6.02. The molecule has 27 heavy (non-hydrogen) atoms. The van der Waals surface area contributed by atoms with Gasteiger partial charge in [-0.1, -0.05) is 12.1 Å². The van der Waals surface area contributed by atoms with Crippen LogP contribution in [0.15, 0.2) is 54.7 Å². The molecule has 0 aliphatic rings. The summed E-state index contributed by atoms with van der Waals surface area (Å²) in [6.45, 7) is 0. The van der Waals surface area contributed by atoms with E-state index >= 15 is 0 Å². The maximum absolute atomic E-state index is 12.8. The molecule has 0 amide bonds. The third-order valence-corrected chi connectivity index (χ3v) is 4.42. The van der Waals surface area contributed by atoms with Crippen LogP contribution in [0, 0.1) is 0 Å². The smallest absolute Gasteiger partial charge is 0.416 e. The molecule has 2 aromatic carbocycles. The maximum atomic E-state index is 12.8. The first-order chi connectivity index (χ1) is 12.9. The fourth-order valence-electron chi connectivity index (χ4n) is 3.05. The monoisotopic (exact) mass is 370 g/mol. The number of H-pyrrole nitrogens is 1. The lowest BCUT2D eigenvalue weighted by Crippen LogP contribution is -2.08. The first-order valence-corrected chi connectivity index (χ1v) is 8.05. The van der Waals surface area contributed by atoms with Gasteiger partial charge in [0, 0.05) is 28.0 Å². The summed E-state index contributed by atoms with van der Waals surface area (Å²) in [5.74, 6) is 0.226. The van der Waals surface area contributed by atoms with Crippen molar-refractivity contribution >= 4 is 27.6 Å². The Hall–Kier alpha value is -3.35. The van der Waals surface area contributed by atoms with Crippen LogP contribution in [0.4, 0.5) is 13.2 Å². The molecule has 7 heteroatoms. The second-order valence-corrected chi connectivity index (χ2v) is 6.02. The molecule has 4 aromatic rings. The molecule has 0 atom stereocenters. The zero-order valence-corrected chi connectivity index (χ0v) is 14.1. The van der Waals surface area contributed by atoms with Gasteiger partial charge >= 0.3 is 6.18 Å². The second kappa shape index (κ2) is 6.12. The quantitative estimate of drug-likeness (QED) is 0.518. The van der Waals surface area contributed by atoms with E-state index in [0.717, 1.165) is 40.6 Å². The van der Waals surface area contributed by atoms with Gasteiger partial charge in [-0.25, -0.2) is 0 Å². The van der Waals surface area contributed by atoms with Gasteiger partial charge in [0.1, 0.15) is 11.4 Å². The van der Waals surface area contributed by atoms with Gasteiger partial charge in [-0.05, 0) is 36.4 Å². The average Bonchev–Trinajstić information content (AvgIpc) is 3.04. The van der Waals surface area contributed by atoms with Crippen LogP contribution in [0.3, 0.4) is 0 Å². The van der Waals surface area contributed by atoms with E-state index in [2.05, 4.69) is 9.97 Å². The molecule has 136 valence electrons. The van der Waals surface area contributed by atoms with Crippen molar-refractivity contribution in [3.63, 3.8) is 0 Å². The SMILES string of the molecule is COc1ccc2[nH]c3c(C(=O)c4ccc(C(F)(F)F)cc4)nccc3c2c1. The first-order valence-electron chi connectivity index (χ1n) is 8.05. The minimum absolute atomic E-state index is 0.138. The number of nitrogens with one attached hydrogen (secondary N) is 1. The highest BCUT2D eigenvalue weighted by Gasteiger charge is 2.30. The summed E-state index contributed by atoms with van der Waals surface area (Å²) >= 11 is 0. The number of aromatic amines is 1. The Morgan fingerprint density at radius 2 is 1.78 bits per heavy atom. The number of hydrogen-bond acceptors (Lipinski definition) is 3. The highest BCUT2D eigenvalue weighted by molar-refractivity contribution is 6.19. The number of halogens is 3. The van der Waals surface area contributed by atoms with E-state index in [-0.39, 0.29) is 11.3 Å². The lowest BCUT2D eigenvalue weighted by Gasteiger charge is -2.07. The zero-order valence-electron chi connectivity index (χ0n) is 14.1. The number of rotatable bonds is 3. The fourth-order valence-corrected chi connectivity index (χ4v) is 3.05. The summed E-state index contributed by atoms with van der Waals surface area (Å²) in [6, 6.07) is 11.4. The summed E-state index contributed by atoms with van der Waals surface area (Å²) in [7, 11) is 1.57. The van der Waals surface area contributed by atoms with Gasteiger partial charge < -0.3 is 9.72 Å². The van der Waals surface area contributed by atoms with Crippen molar-refractivity contribution in [2.75, 3.05) is 7.11 Å². The van der Waals surface area contributed by atoms with E-state index in [1.54, 1.807) is 19.2 Å². The van der Waals surface area contributed by atoms with E-state index in [0.29, 0.717) is 11.3 Å². The Morgan fingerprint density at radius 3 is 2.44 bits per heavy atom. The third kappa shape index (κ3) is 2.91. The van der Waals surface area contributed by atoms with Crippen LogP contribution in [0.1, 0.15) is 21.6 Å². The van der Waals surface area contributed by atoms with Crippen LogP contribution in [0.2, 0.25) is 0 Å². The molecule has 0 saturated carbocycles. The van der Waals surface area contributed by atoms with Crippen molar-refractivity contribution in [1.29, 1.82) is 0 Å². The highest BCUT2D eigenvalue weighted by atomic mass is 19.4. The van der Waals surface area contributed by atoms with Crippen molar-refractivity contribution in [3.05, 3.63) is 71.5 Å². The largest absolute Gasteiger partial charge is 0.497 e. The van der Waals surface area contributed by atoms with Crippen LogP contribution < -0.4 is 4.74 Å². The number of benzene rings is 2. The summed E-state index contributed by atoms with van der Waals surface area (Å²) in [5.41, 5.74) is 0.829. The molecular formula is C20H13F3N2O2. The Morgan fingerprint density at radius 1 is 1.04 bits per heavy atom. The molecule has 4 rings (SSSR count). The Bertz CT molecular complexity index is 1160. The molecule has 0 bridgehead atoms. The van der Waals surface area contributed by atoms with E-state index in [1.165, 1.54) is 6.20 Å². The van der Waals surface area contributed by atoms with Gasteiger partial charge in [0.05, 0.1) is 18.2 Å². The van der Waals surface area contributed by atoms with Crippen LogP contribution in [-0.2, 0) is 6.18 Å². The average molecular weight is 370 g/mol. The number of carbonyl (C=O) groups excluding carboxylic acids is 1. The summed E-state index contributed by atoms with van der Waals surface area (Å²) in [5, 5.41) is 1.65. The standard InChI is InChI=1S/C20H13F3N2O2/c1-27-13-6-7-16-15(10-13)14-8-9-24-18(17(14)25-16)19(26)11-2-4-12(5-3-11)20(21,22)23/h2-10,25H,1H3. The molecule has 4 nitrogen and oxygen atoms in total. The number of aromatic nitrogens is 2. The predicted molar refractivity (Wildman–Crippen MR) is 95.0 cm³/mol. The number of hydrogen-bond donors (Lipinski definition) is 1. The topological polar surface area (TPSA) is 55.0 Å². The number of pyridine rings is 1. The van der Waals surface area contributed by atoms with Gasteiger partial charge in [0.15, 0.2) is 0 Å². The molecule has 0 radical (unpaired) electrons. The molecule has 0 aliphatic carbocycles. The van der Waals surface area contributed by atoms with E-state index in [9.17, 15) is 18.0 Å². The number of nitrogens with zero attached hydrogens (tertiary/aromatic N) is 1. The number of ketones is 1. The van der Waals surface area contributed by atoms with E-state index in [4.69, 9.17) is 4.74 Å². The predicted octanol–water partition coefficient (Wildman–Crippen LogP) is 4.97. The maximum Gasteiger partial charge on any atom is 0.416 e. The summed E-state index contributed by atoms with van der Waals surface area (Å²) < 4.78 is 43.4. The number of alkyl halides is 3. The first kappa shape index (κ1) is 17.1. The zero-order chi connectivity index (χ0) is 19.2. The normalized spacial score (nSPS) is 11.9. The third-order valence-electron chi connectivity index (χ3n) is 4.42. The minimum Gasteiger partial charge on any atom is -0.497 e. The van der Waals surface area contributed by atoms with E-state index < -0.39 is 17.5 Å². The van der Waals surface area contributed by atoms with Crippen molar-refractivity contribution in [1.82, 2.24) is 9.97 Å². The molecular weight excluding hydrogens is 357 g/mol. The fraction of sp³-hybridized carbons (Fsp3) is 0.100. The Labute approximate surface area is 151 Å². The molecule has 2 heterocycles. The molecule has 1 N–H and O–H groups in total. The summed E-state index contributed by atoms with van der Waals surface area (Å²) in [4.78, 5) is 20.2. The lowest BCUT2D eigenvalue weighted by molar-refractivity contribution is -0.137. The number of carbonyl (C=O) groups is 1. The van der Waals surface area contributed by atoms with Crippen molar-refractivity contribution in [3.8, 4) is 5.75 Å². The lowest BCUT2D eigenvalue weighted by atomic mass is 10.0. The number of methoxy groups -OCH3 is 1. The van der Waals surface area contributed by atoms with Crippen molar-refractivity contribution in [2.45, 2.75) is 6.18 Å². The van der Waals surface area contributed by atoms with Crippen molar-refractivity contribution in [2.24, 2.45) is 0 Å². The van der Waals surface area contributed by atoms with Gasteiger partial charge in [0.25, 0.3) is 0 Å². The van der Waals surface area contributed by atoms with Gasteiger partial charge in [-0.15, -0.1) is 0 Å². The number of ether oxygens (including phenoxy) is 1. The highest BCUT2D eigenvalue weighted by Crippen LogP contribution is 2.32. The van der Waals surface area contributed by atoms with Crippen LogP contribution in [-0.4, -0.2) is 22.9 Å². The van der Waals surface area contributed by atoms with E-state index in [1.807, 2.05) is 12.1 Å². The Kier molecular flexibility index (Phi) is 3.87. The molecule has 0 aliphatic heterocycles. The van der Waals surface area contributed by atoms with Gasteiger partial charge in [0.2, 0.25) is 5.78 Å².